The molecule has 6 nitrogen and oxygen atoms in total. The number of carboxylic acid groups (broad SMARTS) is 1. The first-order chi connectivity index (χ1) is 9.81. The van der Waals surface area contributed by atoms with E-state index in [9.17, 15) is 14.7 Å². The van der Waals surface area contributed by atoms with Crippen molar-refractivity contribution >= 4 is 17.7 Å². The number of benzene rings is 1. The predicted octanol–water partition coefficient (Wildman–Crippen LogP) is 1.29. The summed E-state index contributed by atoms with van der Waals surface area (Å²) in [6.45, 7) is 3.41. The molecular weight excluding hydrogens is 272 g/mol. The van der Waals surface area contributed by atoms with Crippen molar-refractivity contribution in [1.29, 1.82) is 0 Å². The normalized spacial score (nSPS) is 16.8. The molecule has 1 aromatic rings. The second-order valence-corrected chi connectivity index (χ2v) is 5.63. The molecule has 6 heteroatoms. The maximum atomic E-state index is 12.2. The highest BCUT2D eigenvalue weighted by molar-refractivity contribution is 5.93. The van der Waals surface area contributed by atoms with Gasteiger partial charge in [0.1, 0.15) is 0 Å². The first-order valence-corrected chi connectivity index (χ1v) is 6.92. The number of rotatable bonds is 3. The molecule has 3 N–H and O–H groups in total. The summed E-state index contributed by atoms with van der Waals surface area (Å²) in [6.07, 6.45) is 1.78. The van der Waals surface area contributed by atoms with Gasteiger partial charge < -0.3 is 15.5 Å². The minimum atomic E-state index is -1.97. The molecular formula is C15H20N2O4. The lowest BCUT2D eigenvalue weighted by molar-refractivity contribution is -0.155. The molecule has 2 amide bonds. The number of nitrogens with one attached hydrogen (secondary N) is 1. The molecule has 0 aliphatic carbocycles. The number of amides is 2. The second kappa shape index (κ2) is 5.73. The van der Waals surface area contributed by atoms with Gasteiger partial charge in [0.05, 0.1) is 6.54 Å². The number of hydrogen-bond donors (Lipinski definition) is 3. The fourth-order valence-electron chi connectivity index (χ4n) is 2.36. The number of aryl methyl sites for hydroxylation is 2. The number of hydrogen-bond acceptors (Lipinski definition) is 3. The third-order valence-electron chi connectivity index (χ3n) is 3.64. The second-order valence-electron chi connectivity index (χ2n) is 5.63. The molecule has 0 spiro atoms. The highest BCUT2D eigenvalue weighted by atomic mass is 16.4. The number of aliphatic carboxylic acids is 1. The number of urea groups is 1. The lowest BCUT2D eigenvalue weighted by Crippen LogP contribution is -2.51. The van der Waals surface area contributed by atoms with Crippen molar-refractivity contribution in [3.05, 3.63) is 29.3 Å². The van der Waals surface area contributed by atoms with Crippen LogP contribution in [0.4, 0.5) is 10.5 Å². The van der Waals surface area contributed by atoms with Crippen LogP contribution in [0, 0.1) is 6.92 Å². The van der Waals surface area contributed by atoms with E-state index in [4.69, 9.17) is 5.11 Å². The van der Waals surface area contributed by atoms with Crippen molar-refractivity contribution < 1.29 is 19.8 Å². The molecule has 0 saturated heterocycles. The van der Waals surface area contributed by atoms with E-state index in [0.29, 0.717) is 6.54 Å². The van der Waals surface area contributed by atoms with Gasteiger partial charge in [0, 0.05) is 12.2 Å². The van der Waals surface area contributed by atoms with Gasteiger partial charge in [0.2, 0.25) is 0 Å². The largest absolute Gasteiger partial charge is 0.479 e. The van der Waals surface area contributed by atoms with E-state index < -0.39 is 11.6 Å². The van der Waals surface area contributed by atoms with Gasteiger partial charge in [0.25, 0.3) is 0 Å². The van der Waals surface area contributed by atoms with E-state index in [1.54, 1.807) is 4.90 Å². The topological polar surface area (TPSA) is 89.9 Å². The van der Waals surface area contributed by atoms with E-state index >= 15 is 0 Å². The standard InChI is InChI=1S/C15H20N2O4/c1-10-5-6-12-11(8-10)4-3-7-17(12)14(20)16-9-15(2,21)13(18)19/h5-6,8,21H,3-4,7,9H2,1-2H3,(H,16,20)(H,18,19). The maximum Gasteiger partial charge on any atom is 0.337 e. The van der Waals surface area contributed by atoms with Gasteiger partial charge in [-0.2, -0.15) is 0 Å². The molecule has 2 rings (SSSR count). The SMILES string of the molecule is Cc1ccc2c(c1)CCCN2C(=O)NCC(C)(O)C(=O)O. The van der Waals surface area contributed by atoms with Crippen molar-refractivity contribution in [3.8, 4) is 0 Å². The molecule has 1 aliphatic heterocycles. The zero-order valence-corrected chi connectivity index (χ0v) is 12.2. The molecule has 0 saturated carbocycles. The van der Waals surface area contributed by atoms with E-state index in [1.165, 1.54) is 0 Å². The Morgan fingerprint density at radius 1 is 1.43 bits per heavy atom. The summed E-state index contributed by atoms with van der Waals surface area (Å²) in [5, 5.41) is 21.0. The van der Waals surface area contributed by atoms with Crippen molar-refractivity contribution in [2.24, 2.45) is 0 Å². The van der Waals surface area contributed by atoms with E-state index in [-0.39, 0.29) is 12.6 Å². The summed E-state index contributed by atoms with van der Waals surface area (Å²) in [6, 6.07) is 5.51. The predicted molar refractivity (Wildman–Crippen MR) is 78.5 cm³/mol. The van der Waals surface area contributed by atoms with Gasteiger partial charge in [-0.05, 0) is 38.3 Å². The van der Waals surface area contributed by atoms with Crippen LogP contribution in [-0.4, -0.2) is 40.9 Å². The molecule has 21 heavy (non-hydrogen) atoms. The molecule has 0 fully saturated rings. The fraction of sp³-hybridized carbons (Fsp3) is 0.467. The number of anilines is 1. The Hall–Kier alpha value is -2.08. The van der Waals surface area contributed by atoms with Crippen LogP contribution in [0.25, 0.3) is 0 Å². The van der Waals surface area contributed by atoms with Gasteiger partial charge in [-0.3, -0.25) is 4.90 Å². The Balaban J connectivity index is 2.10. The zero-order valence-electron chi connectivity index (χ0n) is 12.2. The average Bonchev–Trinajstić information content (AvgIpc) is 2.43. The lowest BCUT2D eigenvalue weighted by atomic mass is 10.00. The van der Waals surface area contributed by atoms with Crippen molar-refractivity contribution in [1.82, 2.24) is 5.32 Å². The van der Waals surface area contributed by atoms with Gasteiger partial charge in [-0.15, -0.1) is 0 Å². The number of carbonyl (C=O) groups is 2. The van der Waals surface area contributed by atoms with Gasteiger partial charge in [-0.1, -0.05) is 17.7 Å². The number of nitrogens with zero attached hydrogens (tertiary/aromatic N) is 1. The summed E-state index contributed by atoms with van der Waals surface area (Å²) in [5.74, 6) is -1.36. The Kier molecular flexibility index (Phi) is 4.18. The third-order valence-corrected chi connectivity index (χ3v) is 3.64. The van der Waals surface area contributed by atoms with Crippen LogP contribution in [0.1, 0.15) is 24.5 Å². The average molecular weight is 292 g/mol. The van der Waals surface area contributed by atoms with E-state index in [0.717, 1.165) is 36.6 Å². The van der Waals surface area contributed by atoms with E-state index in [2.05, 4.69) is 11.4 Å². The van der Waals surface area contributed by atoms with Gasteiger partial charge in [0.15, 0.2) is 5.60 Å². The van der Waals surface area contributed by atoms with Crippen LogP contribution in [-0.2, 0) is 11.2 Å². The first kappa shape index (κ1) is 15.3. The quantitative estimate of drug-likeness (QED) is 0.783. The highest BCUT2D eigenvalue weighted by Crippen LogP contribution is 2.27. The lowest BCUT2D eigenvalue weighted by Gasteiger charge is -2.30. The first-order valence-electron chi connectivity index (χ1n) is 6.92. The van der Waals surface area contributed by atoms with Crippen LogP contribution in [0.3, 0.4) is 0 Å². The fourth-order valence-corrected chi connectivity index (χ4v) is 2.36. The smallest absolute Gasteiger partial charge is 0.337 e. The van der Waals surface area contributed by atoms with Gasteiger partial charge in [-0.25, -0.2) is 9.59 Å². The van der Waals surface area contributed by atoms with E-state index in [1.807, 2.05) is 19.1 Å². The summed E-state index contributed by atoms with van der Waals surface area (Å²) >= 11 is 0. The molecule has 114 valence electrons. The molecule has 1 aromatic carbocycles. The molecule has 1 heterocycles. The summed E-state index contributed by atoms with van der Waals surface area (Å²) < 4.78 is 0. The third kappa shape index (κ3) is 3.33. The molecule has 1 atom stereocenters. The number of fused-ring (bicyclic) bond motifs is 1. The summed E-state index contributed by atoms with van der Waals surface area (Å²) in [4.78, 5) is 24.7. The van der Waals surface area contributed by atoms with Crippen LogP contribution in [0.5, 0.6) is 0 Å². The monoisotopic (exact) mass is 292 g/mol. The Morgan fingerprint density at radius 2 is 2.14 bits per heavy atom. The summed E-state index contributed by atoms with van der Waals surface area (Å²) in [7, 11) is 0. The van der Waals surface area contributed by atoms with Crippen LogP contribution < -0.4 is 10.2 Å². The van der Waals surface area contributed by atoms with Crippen molar-refractivity contribution in [2.75, 3.05) is 18.0 Å². The highest BCUT2D eigenvalue weighted by Gasteiger charge is 2.31. The number of carboxylic acids is 1. The van der Waals surface area contributed by atoms with Crippen LogP contribution >= 0.6 is 0 Å². The summed E-state index contributed by atoms with van der Waals surface area (Å²) in [5.41, 5.74) is 1.13. The Morgan fingerprint density at radius 3 is 2.81 bits per heavy atom. The molecule has 0 bridgehead atoms. The molecule has 1 aliphatic rings. The molecule has 0 radical (unpaired) electrons. The molecule has 0 aromatic heterocycles. The Labute approximate surface area is 123 Å². The van der Waals surface area contributed by atoms with Crippen LogP contribution in [0.2, 0.25) is 0 Å². The Bertz CT molecular complexity index is 569. The maximum absolute atomic E-state index is 12.2. The number of aliphatic hydroxyl groups is 1. The minimum absolute atomic E-state index is 0.334. The number of carbonyl (C=O) groups excluding carboxylic acids is 1. The van der Waals surface area contributed by atoms with Crippen molar-refractivity contribution in [3.63, 3.8) is 0 Å². The zero-order chi connectivity index (χ0) is 15.6. The van der Waals surface area contributed by atoms with Crippen molar-refractivity contribution in [2.45, 2.75) is 32.3 Å². The van der Waals surface area contributed by atoms with Gasteiger partial charge >= 0.3 is 12.0 Å². The minimum Gasteiger partial charge on any atom is -0.479 e. The molecule has 1 unspecified atom stereocenters. The van der Waals surface area contributed by atoms with Crippen LogP contribution in [0.15, 0.2) is 18.2 Å².